The topological polar surface area (TPSA) is 88.0 Å². The Morgan fingerprint density at radius 1 is 1.36 bits per heavy atom. The van der Waals surface area contributed by atoms with Gasteiger partial charge in [0.05, 0.1) is 12.8 Å². The molecule has 0 N–H and O–H groups in total. The van der Waals surface area contributed by atoms with Gasteiger partial charge in [-0.25, -0.2) is 4.79 Å². The minimum atomic E-state index is -0.705. The largest absolute Gasteiger partial charge is 0.466 e. The summed E-state index contributed by atoms with van der Waals surface area (Å²) in [5.74, 6) is -0.705. The van der Waals surface area contributed by atoms with E-state index in [0.29, 0.717) is 11.3 Å². The standard InChI is InChI=1S/C15H11BrN4O2/c1-22-15(21)13(19-20-17)9-11-3-2-8-18-14(11)10-4-6-12(16)7-5-10/h2-9H,1H3/b13-9-. The van der Waals surface area contributed by atoms with E-state index in [1.807, 2.05) is 24.3 Å². The van der Waals surface area contributed by atoms with Crippen molar-refractivity contribution < 1.29 is 9.53 Å². The van der Waals surface area contributed by atoms with Gasteiger partial charge in [0.2, 0.25) is 0 Å². The van der Waals surface area contributed by atoms with Crippen molar-refractivity contribution in [2.45, 2.75) is 0 Å². The predicted octanol–water partition coefficient (Wildman–Crippen LogP) is 4.34. The Kier molecular flexibility index (Phi) is 5.30. The summed E-state index contributed by atoms with van der Waals surface area (Å²) in [6.45, 7) is 0. The van der Waals surface area contributed by atoms with Crippen molar-refractivity contribution in [2.24, 2.45) is 5.11 Å². The average molecular weight is 359 g/mol. The fraction of sp³-hybridized carbons (Fsp3) is 0.0667. The van der Waals surface area contributed by atoms with Gasteiger partial charge in [0.25, 0.3) is 0 Å². The smallest absolute Gasteiger partial charge is 0.340 e. The van der Waals surface area contributed by atoms with Gasteiger partial charge < -0.3 is 4.74 Å². The number of hydrogen-bond donors (Lipinski definition) is 0. The molecule has 0 atom stereocenters. The van der Waals surface area contributed by atoms with Crippen LogP contribution in [0.2, 0.25) is 0 Å². The molecular weight excluding hydrogens is 348 g/mol. The second-order valence-electron chi connectivity index (χ2n) is 4.16. The molecule has 0 amide bonds. The van der Waals surface area contributed by atoms with E-state index in [-0.39, 0.29) is 5.70 Å². The summed E-state index contributed by atoms with van der Waals surface area (Å²) in [5, 5.41) is 3.37. The minimum absolute atomic E-state index is 0.128. The van der Waals surface area contributed by atoms with Gasteiger partial charge in [-0.1, -0.05) is 39.2 Å². The number of benzene rings is 1. The lowest BCUT2D eigenvalue weighted by molar-refractivity contribution is -0.136. The summed E-state index contributed by atoms with van der Waals surface area (Å²) in [6.07, 6.45) is 3.11. The number of halogens is 1. The van der Waals surface area contributed by atoms with Crippen molar-refractivity contribution in [1.29, 1.82) is 0 Å². The molecule has 6 nitrogen and oxygen atoms in total. The quantitative estimate of drug-likeness (QED) is 0.267. The Labute approximate surface area is 135 Å². The van der Waals surface area contributed by atoms with Crippen molar-refractivity contribution in [3.8, 4) is 11.3 Å². The first-order valence-corrected chi connectivity index (χ1v) is 7.01. The highest BCUT2D eigenvalue weighted by Gasteiger charge is 2.10. The van der Waals surface area contributed by atoms with Crippen LogP contribution in [0.1, 0.15) is 5.56 Å². The summed E-state index contributed by atoms with van der Waals surface area (Å²) >= 11 is 3.38. The molecule has 0 aliphatic carbocycles. The van der Waals surface area contributed by atoms with E-state index in [1.165, 1.54) is 13.2 Å². The zero-order chi connectivity index (χ0) is 15.9. The van der Waals surface area contributed by atoms with Crippen molar-refractivity contribution in [1.82, 2.24) is 4.98 Å². The van der Waals surface area contributed by atoms with E-state index < -0.39 is 5.97 Å². The Bertz CT molecular complexity index is 765. The zero-order valence-corrected chi connectivity index (χ0v) is 13.2. The van der Waals surface area contributed by atoms with E-state index in [2.05, 4.69) is 35.7 Å². The highest BCUT2D eigenvalue weighted by molar-refractivity contribution is 9.10. The maximum atomic E-state index is 11.6. The van der Waals surface area contributed by atoms with Crippen molar-refractivity contribution in [3.63, 3.8) is 0 Å². The first kappa shape index (κ1) is 15.8. The maximum Gasteiger partial charge on any atom is 0.340 e. The molecule has 0 aliphatic heterocycles. The molecule has 0 saturated heterocycles. The van der Waals surface area contributed by atoms with Crippen molar-refractivity contribution in [3.05, 3.63) is 68.8 Å². The molecule has 2 aromatic rings. The van der Waals surface area contributed by atoms with Crippen LogP contribution < -0.4 is 0 Å². The monoisotopic (exact) mass is 358 g/mol. The van der Waals surface area contributed by atoms with Gasteiger partial charge in [-0.15, -0.1) is 0 Å². The lowest BCUT2D eigenvalue weighted by atomic mass is 10.1. The number of pyridine rings is 1. The normalized spacial score (nSPS) is 10.7. The molecular formula is C15H11BrN4O2. The third-order valence-electron chi connectivity index (χ3n) is 2.80. The van der Waals surface area contributed by atoms with Crippen LogP contribution in [0.15, 0.2) is 57.9 Å². The summed E-state index contributed by atoms with van der Waals surface area (Å²) in [6, 6.07) is 11.1. The van der Waals surface area contributed by atoms with Crippen molar-refractivity contribution >= 4 is 28.0 Å². The maximum absolute atomic E-state index is 11.6. The highest BCUT2D eigenvalue weighted by Crippen LogP contribution is 2.25. The fourth-order valence-corrected chi connectivity index (χ4v) is 2.08. The Morgan fingerprint density at radius 3 is 2.73 bits per heavy atom. The van der Waals surface area contributed by atoms with Gasteiger partial charge in [-0.05, 0) is 29.8 Å². The Hall–Kier alpha value is -2.63. The summed E-state index contributed by atoms with van der Waals surface area (Å²) in [4.78, 5) is 18.6. The lowest BCUT2D eigenvalue weighted by Gasteiger charge is -2.06. The van der Waals surface area contributed by atoms with Crippen molar-refractivity contribution in [2.75, 3.05) is 7.11 Å². The SMILES string of the molecule is COC(=O)/C(=C/c1cccnc1-c1ccc(Br)cc1)N=[N+]=[N-]. The van der Waals surface area contributed by atoms with Gasteiger partial charge in [0.15, 0.2) is 0 Å². The molecule has 0 spiro atoms. The van der Waals surface area contributed by atoms with Crippen LogP contribution in [-0.4, -0.2) is 18.1 Å². The number of nitrogens with zero attached hydrogens (tertiary/aromatic N) is 4. The predicted molar refractivity (Wildman–Crippen MR) is 86.5 cm³/mol. The number of azide groups is 1. The number of aromatic nitrogens is 1. The number of carbonyl (C=O) groups excluding carboxylic acids is 1. The summed E-state index contributed by atoms with van der Waals surface area (Å²) in [7, 11) is 1.22. The van der Waals surface area contributed by atoms with Gasteiger partial charge in [-0.3, -0.25) is 4.98 Å². The van der Waals surface area contributed by atoms with E-state index in [0.717, 1.165) is 10.0 Å². The number of hydrogen-bond acceptors (Lipinski definition) is 4. The van der Waals surface area contributed by atoms with Crippen LogP contribution in [0.4, 0.5) is 0 Å². The van der Waals surface area contributed by atoms with Crippen LogP contribution >= 0.6 is 15.9 Å². The first-order valence-electron chi connectivity index (χ1n) is 6.21. The van der Waals surface area contributed by atoms with E-state index in [9.17, 15) is 4.79 Å². The molecule has 0 unspecified atom stereocenters. The molecule has 2 rings (SSSR count). The van der Waals surface area contributed by atoms with E-state index in [1.54, 1.807) is 18.3 Å². The number of rotatable bonds is 4. The molecule has 22 heavy (non-hydrogen) atoms. The number of methoxy groups -OCH3 is 1. The lowest BCUT2D eigenvalue weighted by Crippen LogP contribution is -2.02. The number of esters is 1. The van der Waals surface area contributed by atoms with Gasteiger partial charge >= 0.3 is 5.97 Å². The van der Waals surface area contributed by atoms with Crippen LogP contribution in [0.5, 0.6) is 0 Å². The summed E-state index contributed by atoms with van der Waals surface area (Å²) < 4.78 is 5.55. The molecule has 7 heteroatoms. The number of ether oxygens (including phenoxy) is 1. The fourth-order valence-electron chi connectivity index (χ4n) is 1.81. The molecule has 1 heterocycles. The number of carbonyl (C=O) groups is 1. The average Bonchev–Trinajstić information content (AvgIpc) is 2.55. The van der Waals surface area contributed by atoms with Crippen LogP contribution in [0.3, 0.4) is 0 Å². The van der Waals surface area contributed by atoms with E-state index in [4.69, 9.17) is 5.53 Å². The molecule has 0 saturated carbocycles. The third kappa shape index (κ3) is 3.72. The second-order valence-corrected chi connectivity index (χ2v) is 5.07. The third-order valence-corrected chi connectivity index (χ3v) is 3.32. The molecule has 110 valence electrons. The Balaban J connectivity index is 2.54. The zero-order valence-electron chi connectivity index (χ0n) is 11.6. The van der Waals surface area contributed by atoms with Gasteiger partial charge in [0, 0.05) is 26.7 Å². The molecule has 0 fully saturated rings. The minimum Gasteiger partial charge on any atom is -0.466 e. The first-order chi connectivity index (χ1) is 10.7. The molecule has 0 bridgehead atoms. The molecule has 0 radical (unpaired) electrons. The highest BCUT2D eigenvalue weighted by atomic mass is 79.9. The molecule has 0 aliphatic rings. The molecule has 1 aromatic carbocycles. The second kappa shape index (κ2) is 7.40. The van der Waals surface area contributed by atoms with Crippen LogP contribution in [0.25, 0.3) is 27.8 Å². The van der Waals surface area contributed by atoms with Crippen LogP contribution in [0, 0.1) is 0 Å². The Morgan fingerprint density at radius 2 is 2.09 bits per heavy atom. The van der Waals surface area contributed by atoms with Gasteiger partial charge in [0.1, 0.15) is 5.70 Å². The van der Waals surface area contributed by atoms with E-state index >= 15 is 0 Å². The molecule has 1 aromatic heterocycles. The van der Waals surface area contributed by atoms with Gasteiger partial charge in [-0.2, -0.15) is 0 Å². The van der Waals surface area contributed by atoms with Crippen LogP contribution in [-0.2, 0) is 9.53 Å². The summed E-state index contributed by atoms with van der Waals surface area (Å²) in [5.41, 5.74) is 10.6.